The number of halogens is 1. The van der Waals surface area contributed by atoms with E-state index in [1.807, 2.05) is 30.3 Å². The van der Waals surface area contributed by atoms with Gasteiger partial charge in [0.05, 0.1) is 13.0 Å². The van der Waals surface area contributed by atoms with Crippen LogP contribution in [0.4, 0.5) is 4.39 Å². The van der Waals surface area contributed by atoms with Crippen molar-refractivity contribution in [2.75, 3.05) is 20.2 Å². The number of hydrogen-bond acceptors (Lipinski definition) is 5. The highest BCUT2D eigenvalue weighted by Gasteiger charge is 2.40. The van der Waals surface area contributed by atoms with Gasteiger partial charge in [0.2, 0.25) is 5.89 Å². The molecule has 3 aromatic rings. The lowest BCUT2D eigenvalue weighted by Gasteiger charge is -2.17. The van der Waals surface area contributed by atoms with E-state index in [-0.39, 0.29) is 29.1 Å². The molecular weight excluding hydrogens is 361 g/mol. The van der Waals surface area contributed by atoms with Crippen LogP contribution in [0.3, 0.4) is 0 Å². The highest BCUT2D eigenvalue weighted by molar-refractivity contribution is 5.94. The molecule has 1 saturated heterocycles. The lowest BCUT2D eigenvalue weighted by atomic mass is 9.89. The predicted octanol–water partition coefficient (Wildman–Crippen LogP) is 3.55. The average molecular weight is 381 g/mol. The van der Waals surface area contributed by atoms with Crippen LogP contribution in [0, 0.1) is 12.7 Å². The Morgan fingerprint density at radius 3 is 2.57 bits per heavy atom. The normalized spacial score (nSPS) is 19.0. The smallest absolute Gasteiger partial charge is 0.254 e. The number of methoxy groups -OCH3 is 1. The Balaban J connectivity index is 1.64. The lowest BCUT2D eigenvalue weighted by molar-refractivity contribution is 0.0787. The molecule has 2 aromatic carbocycles. The number of carbonyl (C=O) groups excluding carboxylic acids is 1. The molecule has 0 unspecified atom stereocenters. The second-order valence-corrected chi connectivity index (χ2v) is 6.86. The number of carbonyl (C=O) groups is 1. The Bertz CT molecular complexity index is 990. The van der Waals surface area contributed by atoms with Gasteiger partial charge < -0.3 is 14.2 Å². The molecule has 28 heavy (non-hydrogen) atoms. The number of benzene rings is 2. The maximum atomic E-state index is 14.1. The van der Waals surface area contributed by atoms with E-state index in [4.69, 9.17) is 9.26 Å². The van der Waals surface area contributed by atoms with Crippen molar-refractivity contribution in [1.82, 2.24) is 15.0 Å². The number of rotatable bonds is 4. The number of amides is 1. The Labute approximate surface area is 161 Å². The fourth-order valence-electron chi connectivity index (χ4n) is 3.70. The van der Waals surface area contributed by atoms with E-state index in [2.05, 4.69) is 10.1 Å². The molecule has 2 atom stereocenters. The fourth-order valence-corrected chi connectivity index (χ4v) is 3.70. The monoisotopic (exact) mass is 381 g/mol. The quantitative estimate of drug-likeness (QED) is 0.691. The molecule has 6 nitrogen and oxygen atoms in total. The van der Waals surface area contributed by atoms with E-state index in [1.54, 1.807) is 17.9 Å². The summed E-state index contributed by atoms with van der Waals surface area (Å²) in [7, 11) is 1.39. The molecular formula is C21H20FN3O3. The first kappa shape index (κ1) is 18.2. The summed E-state index contributed by atoms with van der Waals surface area (Å²) in [6, 6.07) is 14.2. The van der Waals surface area contributed by atoms with E-state index >= 15 is 0 Å². The summed E-state index contributed by atoms with van der Waals surface area (Å²) >= 11 is 0. The van der Waals surface area contributed by atoms with E-state index in [1.165, 1.54) is 19.2 Å². The Morgan fingerprint density at radius 2 is 1.93 bits per heavy atom. The summed E-state index contributed by atoms with van der Waals surface area (Å²) in [5.74, 6) is 0.298. The van der Waals surface area contributed by atoms with Gasteiger partial charge in [-0.3, -0.25) is 4.79 Å². The molecule has 1 aliphatic heterocycles. The van der Waals surface area contributed by atoms with Gasteiger partial charge in [0, 0.05) is 24.6 Å². The van der Waals surface area contributed by atoms with E-state index in [0.717, 1.165) is 5.56 Å². The SMILES string of the molecule is COc1ccc(C(=O)N2C[C@@H](c3ccccc3)[C@H](c3nc(C)no3)C2)cc1F. The third-order valence-corrected chi connectivity index (χ3v) is 5.09. The topological polar surface area (TPSA) is 68.5 Å². The van der Waals surface area contributed by atoms with Crippen molar-refractivity contribution in [1.29, 1.82) is 0 Å². The van der Waals surface area contributed by atoms with Gasteiger partial charge in [0.1, 0.15) is 0 Å². The van der Waals surface area contributed by atoms with Crippen LogP contribution in [-0.2, 0) is 0 Å². The Hall–Kier alpha value is -3.22. The van der Waals surface area contributed by atoms with Crippen LogP contribution in [0.1, 0.15) is 39.5 Å². The Morgan fingerprint density at radius 1 is 1.18 bits per heavy atom. The summed E-state index contributed by atoms with van der Waals surface area (Å²) in [5.41, 5.74) is 1.38. The minimum Gasteiger partial charge on any atom is -0.494 e. The van der Waals surface area contributed by atoms with Crippen molar-refractivity contribution in [2.45, 2.75) is 18.8 Å². The second kappa shape index (κ2) is 7.42. The third-order valence-electron chi connectivity index (χ3n) is 5.09. The predicted molar refractivity (Wildman–Crippen MR) is 99.8 cm³/mol. The van der Waals surface area contributed by atoms with Gasteiger partial charge in [-0.05, 0) is 30.7 Å². The van der Waals surface area contributed by atoms with Crippen LogP contribution in [0.25, 0.3) is 0 Å². The minimum atomic E-state index is -0.559. The van der Waals surface area contributed by atoms with Gasteiger partial charge in [-0.25, -0.2) is 4.39 Å². The zero-order valence-corrected chi connectivity index (χ0v) is 15.6. The van der Waals surface area contributed by atoms with Crippen LogP contribution in [0.2, 0.25) is 0 Å². The summed E-state index contributed by atoms with van der Waals surface area (Å²) in [6.07, 6.45) is 0. The van der Waals surface area contributed by atoms with E-state index < -0.39 is 5.82 Å². The van der Waals surface area contributed by atoms with Crippen molar-refractivity contribution >= 4 is 5.91 Å². The molecule has 7 heteroatoms. The molecule has 1 amide bonds. The fraction of sp³-hybridized carbons (Fsp3) is 0.286. The first-order valence-electron chi connectivity index (χ1n) is 9.04. The molecule has 1 aliphatic rings. The van der Waals surface area contributed by atoms with Crippen LogP contribution >= 0.6 is 0 Å². The third kappa shape index (κ3) is 3.35. The number of ether oxygens (including phenoxy) is 1. The van der Waals surface area contributed by atoms with Crippen molar-refractivity contribution in [3.05, 3.63) is 77.2 Å². The van der Waals surface area contributed by atoms with Gasteiger partial charge in [-0.15, -0.1) is 0 Å². The first-order valence-corrected chi connectivity index (χ1v) is 9.04. The minimum absolute atomic E-state index is 0.0214. The molecule has 0 saturated carbocycles. The maximum absolute atomic E-state index is 14.1. The summed E-state index contributed by atoms with van der Waals surface area (Å²) in [5, 5.41) is 3.90. The van der Waals surface area contributed by atoms with Crippen molar-refractivity contribution in [3.8, 4) is 5.75 Å². The molecule has 4 rings (SSSR count). The molecule has 2 heterocycles. The van der Waals surface area contributed by atoms with Crippen LogP contribution < -0.4 is 4.74 Å². The molecule has 1 aromatic heterocycles. The van der Waals surface area contributed by atoms with Gasteiger partial charge in [-0.2, -0.15) is 4.98 Å². The number of aromatic nitrogens is 2. The largest absolute Gasteiger partial charge is 0.494 e. The van der Waals surface area contributed by atoms with Crippen LogP contribution in [0.5, 0.6) is 5.75 Å². The number of hydrogen-bond donors (Lipinski definition) is 0. The van der Waals surface area contributed by atoms with E-state index in [9.17, 15) is 9.18 Å². The van der Waals surface area contributed by atoms with Crippen molar-refractivity contribution in [2.24, 2.45) is 0 Å². The summed E-state index contributed by atoms with van der Waals surface area (Å²) < 4.78 is 24.4. The first-order chi connectivity index (χ1) is 13.6. The van der Waals surface area contributed by atoms with Crippen LogP contribution in [0.15, 0.2) is 53.1 Å². The maximum Gasteiger partial charge on any atom is 0.254 e. The van der Waals surface area contributed by atoms with Gasteiger partial charge >= 0.3 is 0 Å². The van der Waals surface area contributed by atoms with Crippen LogP contribution in [-0.4, -0.2) is 41.1 Å². The lowest BCUT2D eigenvalue weighted by Crippen LogP contribution is -2.29. The standard InChI is InChI=1S/C21H20FN3O3/c1-13-23-20(28-24-13)17-12-25(11-16(17)14-6-4-3-5-7-14)21(26)15-8-9-19(27-2)18(22)10-15/h3-10,16-17H,11-12H2,1-2H3/t16-,17+/m0/s1. The van der Waals surface area contributed by atoms with Gasteiger partial charge in [0.15, 0.2) is 17.4 Å². The molecule has 0 bridgehead atoms. The highest BCUT2D eigenvalue weighted by atomic mass is 19.1. The van der Waals surface area contributed by atoms with Crippen molar-refractivity contribution in [3.63, 3.8) is 0 Å². The summed E-state index contributed by atoms with van der Waals surface area (Å²) in [4.78, 5) is 19.1. The zero-order valence-electron chi connectivity index (χ0n) is 15.6. The summed E-state index contributed by atoms with van der Waals surface area (Å²) in [6.45, 7) is 2.68. The molecule has 0 spiro atoms. The average Bonchev–Trinajstić information content (AvgIpc) is 3.34. The molecule has 1 fully saturated rings. The number of aryl methyl sites for hydroxylation is 1. The number of likely N-dealkylation sites (tertiary alicyclic amines) is 1. The second-order valence-electron chi connectivity index (χ2n) is 6.86. The highest BCUT2D eigenvalue weighted by Crippen LogP contribution is 2.39. The van der Waals surface area contributed by atoms with Crippen molar-refractivity contribution < 1.29 is 18.4 Å². The van der Waals surface area contributed by atoms with Gasteiger partial charge in [0.25, 0.3) is 5.91 Å². The molecule has 144 valence electrons. The zero-order chi connectivity index (χ0) is 19.7. The molecule has 0 N–H and O–H groups in total. The van der Waals surface area contributed by atoms with E-state index in [0.29, 0.717) is 24.8 Å². The van der Waals surface area contributed by atoms with Gasteiger partial charge in [-0.1, -0.05) is 35.5 Å². The number of nitrogens with zero attached hydrogens (tertiary/aromatic N) is 3. The molecule has 0 aliphatic carbocycles. The molecule has 0 radical (unpaired) electrons. The Kier molecular flexibility index (Phi) is 4.81.